The summed E-state index contributed by atoms with van der Waals surface area (Å²) in [7, 11) is 1.28. The number of carbonyl (C=O) groups is 2. The summed E-state index contributed by atoms with van der Waals surface area (Å²) in [6, 6.07) is 15.1. The lowest BCUT2D eigenvalue weighted by Crippen LogP contribution is -2.45. The van der Waals surface area contributed by atoms with Crippen LogP contribution < -0.4 is 39.7 Å². The van der Waals surface area contributed by atoms with Crippen molar-refractivity contribution in [1.82, 2.24) is 16.1 Å². The molecule has 4 N–H and O–H groups in total. The maximum absolute atomic E-state index is 12.4. The molecule has 3 aromatic rings. The normalized spacial score (nSPS) is 16.0. The Hall–Kier alpha value is -4.70. The summed E-state index contributed by atoms with van der Waals surface area (Å²) in [4.78, 5) is 24.6. The van der Waals surface area contributed by atoms with Crippen molar-refractivity contribution in [3.8, 4) is 28.7 Å². The molecule has 0 saturated carbocycles. The minimum atomic E-state index is -1.13. The van der Waals surface area contributed by atoms with Gasteiger partial charge in [-0.3, -0.25) is 5.43 Å². The van der Waals surface area contributed by atoms with E-state index < -0.39 is 24.3 Å². The standard InChI is InChI=1S/C32H33IN4O9/c1-4-42-27-13-21(30-29(31(39)41-3)18(2)35-32(40)36-30)7-10-24(27)44-16-28(38)37-34-14-19-5-8-23(22(33)11-19)43-15-20-6-9-25-26(12-20)46-17-45-25/h5-14,28,30,37-38H,4,15-17H2,1-3H3,(H2,35,36,40)/b34-14-/t28-,30-/m1/s1. The Kier molecular flexibility index (Phi) is 10.7. The van der Waals surface area contributed by atoms with Gasteiger partial charge in [-0.15, -0.1) is 0 Å². The third kappa shape index (κ3) is 7.92. The van der Waals surface area contributed by atoms with Crippen molar-refractivity contribution in [2.24, 2.45) is 5.10 Å². The second kappa shape index (κ2) is 15.1. The van der Waals surface area contributed by atoms with E-state index in [1.807, 2.05) is 43.3 Å². The number of esters is 1. The van der Waals surface area contributed by atoms with Gasteiger partial charge in [0, 0.05) is 5.70 Å². The third-order valence-corrected chi connectivity index (χ3v) is 7.74. The van der Waals surface area contributed by atoms with E-state index in [1.54, 1.807) is 31.3 Å². The van der Waals surface area contributed by atoms with E-state index in [2.05, 4.69) is 43.8 Å². The zero-order valence-corrected chi connectivity index (χ0v) is 27.5. The first-order valence-corrected chi connectivity index (χ1v) is 15.4. The molecule has 0 radical (unpaired) electrons. The molecule has 242 valence electrons. The van der Waals surface area contributed by atoms with E-state index >= 15 is 0 Å². The molecule has 2 aliphatic rings. The molecule has 14 heteroatoms. The van der Waals surface area contributed by atoms with E-state index in [9.17, 15) is 14.7 Å². The molecule has 5 rings (SSSR count). The molecule has 0 saturated heterocycles. The van der Waals surface area contributed by atoms with Crippen molar-refractivity contribution < 1.29 is 43.1 Å². The summed E-state index contributed by atoms with van der Waals surface area (Å²) >= 11 is 2.20. The summed E-state index contributed by atoms with van der Waals surface area (Å²) in [6.45, 7) is 4.24. The first-order chi connectivity index (χ1) is 22.2. The largest absolute Gasteiger partial charge is 0.490 e. The Bertz CT molecular complexity index is 1660. The number of hydrogen-bond acceptors (Lipinski definition) is 11. The number of halogens is 1. The van der Waals surface area contributed by atoms with Gasteiger partial charge in [0.2, 0.25) is 6.79 Å². The first-order valence-electron chi connectivity index (χ1n) is 14.3. The van der Waals surface area contributed by atoms with E-state index in [1.165, 1.54) is 7.11 Å². The SMILES string of the molecule is CCOc1cc([C@H]2NC(=O)NC(C)=C2C(=O)OC)ccc1OC[C@@H](O)N/N=C\c1ccc(OCc2ccc3c(c2)OCO3)c(I)c1. The Morgan fingerprint density at radius 2 is 1.89 bits per heavy atom. The monoisotopic (exact) mass is 744 g/mol. The van der Waals surface area contributed by atoms with Crippen LogP contribution in [0.25, 0.3) is 0 Å². The minimum Gasteiger partial charge on any atom is -0.490 e. The fraction of sp³-hybridized carbons (Fsp3) is 0.281. The van der Waals surface area contributed by atoms with Gasteiger partial charge in [-0.2, -0.15) is 5.10 Å². The van der Waals surface area contributed by atoms with Crippen molar-refractivity contribution >= 4 is 40.8 Å². The van der Waals surface area contributed by atoms with Gasteiger partial charge >= 0.3 is 12.0 Å². The van der Waals surface area contributed by atoms with E-state index in [0.717, 1.165) is 26.2 Å². The Morgan fingerprint density at radius 3 is 2.67 bits per heavy atom. The van der Waals surface area contributed by atoms with Crippen LogP contribution in [-0.2, 0) is 16.1 Å². The van der Waals surface area contributed by atoms with Crippen molar-refractivity contribution in [3.05, 3.63) is 86.1 Å². The maximum Gasteiger partial charge on any atom is 0.337 e. The quantitative estimate of drug-likeness (QED) is 0.0660. The number of nitrogens with zero attached hydrogens (tertiary/aromatic N) is 1. The molecule has 2 amide bonds. The Balaban J connectivity index is 1.15. The number of fused-ring (bicyclic) bond motifs is 1. The summed E-state index contributed by atoms with van der Waals surface area (Å²) in [6.07, 6.45) is 0.448. The van der Waals surface area contributed by atoms with Crippen molar-refractivity contribution in [2.45, 2.75) is 32.7 Å². The zero-order valence-electron chi connectivity index (χ0n) is 25.3. The molecule has 13 nitrogen and oxygen atoms in total. The Morgan fingerprint density at radius 1 is 1.09 bits per heavy atom. The van der Waals surface area contributed by atoms with Crippen LogP contribution >= 0.6 is 22.6 Å². The number of allylic oxidation sites excluding steroid dienone is 1. The number of aliphatic hydroxyl groups is 1. The maximum atomic E-state index is 12.4. The van der Waals surface area contributed by atoms with Crippen molar-refractivity contribution in [1.29, 1.82) is 0 Å². The van der Waals surface area contributed by atoms with Crippen LogP contribution in [-0.4, -0.2) is 56.7 Å². The van der Waals surface area contributed by atoms with Gasteiger partial charge in [-0.1, -0.05) is 12.1 Å². The van der Waals surface area contributed by atoms with E-state index in [0.29, 0.717) is 41.7 Å². The lowest BCUT2D eigenvalue weighted by atomic mass is 9.95. The predicted octanol–water partition coefficient (Wildman–Crippen LogP) is 4.12. The molecule has 0 bridgehead atoms. The van der Waals surface area contributed by atoms with Crippen LogP contribution in [0.4, 0.5) is 4.79 Å². The fourth-order valence-corrected chi connectivity index (χ4v) is 5.42. The van der Waals surface area contributed by atoms with Crippen LogP contribution in [0, 0.1) is 3.57 Å². The number of hydrazone groups is 1. The number of rotatable bonds is 13. The Labute approximate surface area is 279 Å². The molecular formula is C32H33IN4O9. The van der Waals surface area contributed by atoms with Crippen LogP contribution in [0.2, 0.25) is 0 Å². The number of hydrogen-bond donors (Lipinski definition) is 4. The topological polar surface area (TPSA) is 158 Å². The van der Waals surface area contributed by atoms with Gasteiger partial charge < -0.3 is 44.2 Å². The first kappa shape index (κ1) is 32.7. The molecular weight excluding hydrogens is 711 g/mol. The second-order valence-corrected chi connectivity index (χ2v) is 11.2. The van der Waals surface area contributed by atoms with Gasteiger partial charge in [0.15, 0.2) is 29.2 Å². The average Bonchev–Trinajstić information content (AvgIpc) is 3.51. The van der Waals surface area contributed by atoms with Crippen LogP contribution in [0.15, 0.2) is 71.0 Å². The molecule has 0 unspecified atom stereocenters. The fourth-order valence-electron chi connectivity index (χ4n) is 4.73. The van der Waals surface area contributed by atoms with Crippen LogP contribution in [0.1, 0.15) is 36.6 Å². The lowest BCUT2D eigenvalue weighted by molar-refractivity contribution is -0.136. The molecule has 3 aromatic carbocycles. The molecule has 2 aliphatic heterocycles. The lowest BCUT2D eigenvalue weighted by Gasteiger charge is -2.28. The summed E-state index contributed by atoms with van der Waals surface area (Å²) in [5, 5.41) is 19.9. The van der Waals surface area contributed by atoms with Crippen molar-refractivity contribution in [3.63, 3.8) is 0 Å². The molecule has 0 aromatic heterocycles. The number of carbonyl (C=O) groups excluding carboxylic acids is 2. The third-order valence-electron chi connectivity index (χ3n) is 6.90. The predicted molar refractivity (Wildman–Crippen MR) is 175 cm³/mol. The van der Waals surface area contributed by atoms with Gasteiger partial charge in [-0.25, -0.2) is 9.59 Å². The zero-order chi connectivity index (χ0) is 32.6. The minimum absolute atomic E-state index is 0.141. The average molecular weight is 745 g/mol. The summed E-state index contributed by atoms with van der Waals surface area (Å²) in [5.41, 5.74) is 5.66. The number of amides is 2. The number of benzene rings is 3. The number of urea groups is 1. The number of aliphatic hydroxyl groups excluding tert-OH is 1. The highest BCUT2D eigenvalue weighted by atomic mass is 127. The van der Waals surface area contributed by atoms with Crippen LogP contribution in [0.3, 0.4) is 0 Å². The van der Waals surface area contributed by atoms with E-state index in [4.69, 9.17) is 28.4 Å². The molecule has 0 aliphatic carbocycles. The van der Waals surface area contributed by atoms with Crippen LogP contribution in [0.5, 0.6) is 28.7 Å². The summed E-state index contributed by atoms with van der Waals surface area (Å²) in [5.74, 6) is 2.33. The molecule has 0 fully saturated rings. The highest BCUT2D eigenvalue weighted by molar-refractivity contribution is 14.1. The molecule has 0 spiro atoms. The molecule has 2 atom stereocenters. The highest BCUT2D eigenvalue weighted by Gasteiger charge is 2.32. The molecule has 2 heterocycles. The smallest absolute Gasteiger partial charge is 0.337 e. The highest BCUT2D eigenvalue weighted by Crippen LogP contribution is 2.35. The van der Waals surface area contributed by atoms with Gasteiger partial charge in [-0.05, 0) is 95.6 Å². The van der Waals surface area contributed by atoms with E-state index in [-0.39, 0.29) is 19.0 Å². The van der Waals surface area contributed by atoms with Crippen molar-refractivity contribution in [2.75, 3.05) is 27.1 Å². The number of nitrogens with one attached hydrogen (secondary N) is 3. The van der Waals surface area contributed by atoms with Gasteiger partial charge in [0.25, 0.3) is 0 Å². The van der Waals surface area contributed by atoms with Gasteiger partial charge in [0.05, 0.1) is 35.1 Å². The number of ether oxygens (including phenoxy) is 6. The summed E-state index contributed by atoms with van der Waals surface area (Å²) < 4.78 is 34.1. The van der Waals surface area contributed by atoms with Gasteiger partial charge in [0.1, 0.15) is 19.0 Å². The molecule has 46 heavy (non-hydrogen) atoms. The number of methoxy groups -OCH3 is 1. The second-order valence-electron chi connectivity index (χ2n) is 10.1.